The summed E-state index contributed by atoms with van der Waals surface area (Å²) < 4.78 is 0. The molecule has 2 rings (SSSR count). The maximum Gasteiger partial charge on any atom is 0.0368 e. The number of hydrogen-bond acceptors (Lipinski definition) is 2. The van der Waals surface area contributed by atoms with Crippen LogP contribution in [0.3, 0.4) is 0 Å². The van der Waals surface area contributed by atoms with Crippen LogP contribution in [0.25, 0.3) is 0 Å². The number of para-hydroxylation sites is 1. The zero-order valence-electron chi connectivity index (χ0n) is 10.8. The molecule has 1 aromatic carbocycles. The Balaban J connectivity index is 2.00. The Morgan fingerprint density at radius 3 is 2.29 bits per heavy atom. The number of anilines is 1. The second kappa shape index (κ2) is 6.06. The second-order valence-corrected chi connectivity index (χ2v) is 5.03. The molecule has 1 saturated carbocycles. The van der Waals surface area contributed by atoms with E-state index in [0.717, 1.165) is 19.0 Å². The van der Waals surface area contributed by atoms with Gasteiger partial charge in [-0.2, -0.15) is 0 Å². The van der Waals surface area contributed by atoms with Gasteiger partial charge in [0.05, 0.1) is 0 Å². The van der Waals surface area contributed by atoms with Crippen molar-refractivity contribution in [3.8, 4) is 0 Å². The zero-order chi connectivity index (χ0) is 12.1. The first-order valence-electron chi connectivity index (χ1n) is 6.87. The van der Waals surface area contributed by atoms with E-state index >= 15 is 0 Å². The Bertz CT molecular complexity index is 315. The standard InChI is InChI=1S/C15H24N2/c1-2-17(14-6-4-3-5-7-14)15-10-8-13(12-16)9-11-15/h3-7,13,15H,2,8-12,16H2,1H3. The molecule has 0 bridgehead atoms. The van der Waals surface area contributed by atoms with Crippen LogP contribution in [0.4, 0.5) is 5.69 Å². The fourth-order valence-corrected chi connectivity index (χ4v) is 2.96. The summed E-state index contributed by atoms with van der Waals surface area (Å²) in [7, 11) is 0. The zero-order valence-corrected chi connectivity index (χ0v) is 10.8. The van der Waals surface area contributed by atoms with Gasteiger partial charge < -0.3 is 10.6 Å². The van der Waals surface area contributed by atoms with E-state index in [-0.39, 0.29) is 0 Å². The fraction of sp³-hybridized carbons (Fsp3) is 0.600. The lowest BCUT2D eigenvalue weighted by Crippen LogP contribution is -2.39. The third-order valence-corrected chi connectivity index (χ3v) is 4.02. The average molecular weight is 232 g/mol. The predicted octanol–water partition coefficient (Wildman–Crippen LogP) is 3.03. The Kier molecular flexibility index (Phi) is 4.43. The molecule has 17 heavy (non-hydrogen) atoms. The van der Waals surface area contributed by atoms with Gasteiger partial charge in [-0.05, 0) is 57.2 Å². The van der Waals surface area contributed by atoms with Crippen molar-refractivity contribution in [1.29, 1.82) is 0 Å². The molecular formula is C15H24N2. The minimum atomic E-state index is 0.713. The smallest absolute Gasteiger partial charge is 0.0368 e. The van der Waals surface area contributed by atoms with Gasteiger partial charge in [0.25, 0.3) is 0 Å². The molecule has 0 amide bonds. The summed E-state index contributed by atoms with van der Waals surface area (Å²) in [6, 6.07) is 11.5. The molecule has 0 spiro atoms. The molecule has 94 valence electrons. The summed E-state index contributed by atoms with van der Waals surface area (Å²) in [5.41, 5.74) is 7.12. The van der Waals surface area contributed by atoms with Crippen molar-refractivity contribution in [3.05, 3.63) is 30.3 Å². The SMILES string of the molecule is CCN(c1ccccc1)C1CCC(CN)CC1. The van der Waals surface area contributed by atoms with Crippen LogP contribution in [0.1, 0.15) is 32.6 Å². The third kappa shape index (κ3) is 3.01. The largest absolute Gasteiger partial charge is 0.369 e. The number of benzene rings is 1. The summed E-state index contributed by atoms with van der Waals surface area (Å²) in [6.07, 6.45) is 5.18. The molecule has 1 fully saturated rings. The van der Waals surface area contributed by atoms with Gasteiger partial charge in [0.1, 0.15) is 0 Å². The summed E-state index contributed by atoms with van der Waals surface area (Å²) in [6.45, 7) is 4.22. The molecule has 0 aliphatic heterocycles. The van der Waals surface area contributed by atoms with E-state index in [4.69, 9.17) is 5.73 Å². The first kappa shape index (κ1) is 12.4. The van der Waals surface area contributed by atoms with Crippen LogP contribution in [0.15, 0.2) is 30.3 Å². The van der Waals surface area contributed by atoms with Crippen molar-refractivity contribution in [2.24, 2.45) is 11.7 Å². The molecule has 0 radical (unpaired) electrons. The molecule has 0 aromatic heterocycles. The molecule has 0 unspecified atom stereocenters. The molecule has 1 aliphatic rings. The van der Waals surface area contributed by atoms with Crippen molar-refractivity contribution in [1.82, 2.24) is 0 Å². The normalized spacial score (nSPS) is 24.6. The van der Waals surface area contributed by atoms with Crippen molar-refractivity contribution < 1.29 is 0 Å². The lowest BCUT2D eigenvalue weighted by molar-refractivity contribution is 0.322. The van der Waals surface area contributed by atoms with Crippen LogP contribution in [-0.2, 0) is 0 Å². The van der Waals surface area contributed by atoms with Gasteiger partial charge in [-0.1, -0.05) is 18.2 Å². The first-order chi connectivity index (χ1) is 8.35. The molecule has 2 nitrogen and oxygen atoms in total. The van der Waals surface area contributed by atoms with E-state index < -0.39 is 0 Å². The van der Waals surface area contributed by atoms with Crippen molar-refractivity contribution in [2.75, 3.05) is 18.0 Å². The number of rotatable bonds is 4. The average Bonchev–Trinajstić information content (AvgIpc) is 2.42. The maximum atomic E-state index is 5.75. The molecule has 0 heterocycles. The van der Waals surface area contributed by atoms with Crippen molar-refractivity contribution in [3.63, 3.8) is 0 Å². The van der Waals surface area contributed by atoms with E-state index in [1.807, 2.05) is 0 Å². The lowest BCUT2D eigenvalue weighted by Gasteiger charge is -2.37. The molecule has 2 N–H and O–H groups in total. The highest BCUT2D eigenvalue weighted by atomic mass is 15.2. The van der Waals surface area contributed by atoms with Gasteiger partial charge in [-0.3, -0.25) is 0 Å². The van der Waals surface area contributed by atoms with Crippen LogP contribution < -0.4 is 10.6 Å². The summed E-state index contributed by atoms with van der Waals surface area (Å²) >= 11 is 0. The number of nitrogens with zero attached hydrogens (tertiary/aromatic N) is 1. The van der Waals surface area contributed by atoms with Gasteiger partial charge in [-0.25, -0.2) is 0 Å². The summed E-state index contributed by atoms with van der Waals surface area (Å²) in [4.78, 5) is 2.55. The Morgan fingerprint density at radius 2 is 1.76 bits per heavy atom. The van der Waals surface area contributed by atoms with Crippen LogP contribution in [-0.4, -0.2) is 19.1 Å². The fourth-order valence-electron chi connectivity index (χ4n) is 2.96. The quantitative estimate of drug-likeness (QED) is 0.864. The van der Waals surface area contributed by atoms with E-state index in [2.05, 4.69) is 42.2 Å². The maximum absolute atomic E-state index is 5.75. The molecular weight excluding hydrogens is 208 g/mol. The molecule has 1 aliphatic carbocycles. The van der Waals surface area contributed by atoms with Crippen molar-refractivity contribution >= 4 is 5.69 Å². The van der Waals surface area contributed by atoms with Gasteiger partial charge >= 0.3 is 0 Å². The predicted molar refractivity (Wildman–Crippen MR) is 74.3 cm³/mol. The molecule has 0 atom stereocenters. The highest BCUT2D eigenvalue weighted by molar-refractivity contribution is 5.47. The summed E-state index contributed by atoms with van der Waals surface area (Å²) in [5, 5.41) is 0. The second-order valence-electron chi connectivity index (χ2n) is 5.03. The minimum absolute atomic E-state index is 0.713. The Morgan fingerprint density at radius 1 is 1.12 bits per heavy atom. The first-order valence-corrected chi connectivity index (χ1v) is 6.87. The van der Waals surface area contributed by atoms with E-state index in [9.17, 15) is 0 Å². The van der Waals surface area contributed by atoms with Gasteiger partial charge in [0.15, 0.2) is 0 Å². The minimum Gasteiger partial charge on any atom is -0.369 e. The molecule has 1 aromatic rings. The number of nitrogens with two attached hydrogens (primary N) is 1. The highest BCUT2D eigenvalue weighted by Gasteiger charge is 2.24. The summed E-state index contributed by atoms with van der Waals surface area (Å²) in [5.74, 6) is 0.765. The van der Waals surface area contributed by atoms with Crippen LogP contribution in [0, 0.1) is 5.92 Å². The van der Waals surface area contributed by atoms with Gasteiger partial charge in [0, 0.05) is 18.3 Å². The van der Waals surface area contributed by atoms with E-state index in [0.29, 0.717) is 6.04 Å². The molecule has 2 heteroatoms. The highest BCUT2D eigenvalue weighted by Crippen LogP contribution is 2.29. The number of hydrogen-bond donors (Lipinski definition) is 1. The van der Waals surface area contributed by atoms with Crippen molar-refractivity contribution in [2.45, 2.75) is 38.6 Å². The van der Waals surface area contributed by atoms with Gasteiger partial charge in [-0.15, -0.1) is 0 Å². The third-order valence-electron chi connectivity index (χ3n) is 4.02. The van der Waals surface area contributed by atoms with Crippen LogP contribution >= 0.6 is 0 Å². The molecule has 0 saturated heterocycles. The topological polar surface area (TPSA) is 29.3 Å². The Labute approximate surface area is 105 Å². The monoisotopic (exact) mass is 232 g/mol. The van der Waals surface area contributed by atoms with Crippen LogP contribution in [0.5, 0.6) is 0 Å². The van der Waals surface area contributed by atoms with E-state index in [1.54, 1.807) is 0 Å². The van der Waals surface area contributed by atoms with E-state index in [1.165, 1.54) is 31.4 Å². The van der Waals surface area contributed by atoms with Gasteiger partial charge in [0.2, 0.25) is 0 Å². The van der Waals surface area contributed by atoms with Crippen LogP contribution in [0.2, 0.25) is 0 Å². The lowest BCUT2D eigenvalue weighted by atomic mass is 9.85. The Hall–Kier alpha value is -1.02.